The van der Waals surface area contributed by atoms with Crippen LogP contribution in [-0.4, -0.2) is 41.1 Å². The SMILES string of the molecule is COC(=O)c1ccc(Cn2nc3n(c(=O)c2=O)CCN3c2ccc(OC)cc2)o1. The van der Waals surface area contributed by atoms with Crippen molar-refractivity contribution < 1.29 is 18.7 Å². The molecule has 0 spiro atoms. The average molecular weight is 398 g/mol. The number of benzene rings is 1. The van der Waals surface area contributed by atoms with Gasteiger partial charge in [-0.2, -0.15) is 0 Å². The molecule has 0 fully saturated rings. The lowest BCUT2D eigenvalue weighted by Gasteiger charge is -2.18. The average Bonchev–Trinajstić information content (AvgIpc) is 3.38. The normalized spacial score (nSPS) is 12.7. The van der Waals surface area contributed by atoms with Crippen molar-refractivity contribution >= 4 is 17.6 Å². The summed E-state index contributed by atoms with van der Waals surface area (Å²) in [5, 5.41) is 4.37. The number of carbonyl (C=O) groups is 1. The van der Waals surface area contributed by atoms with Gasteiger partial charge in [0.25, 0.3) is 0 Å². The van der Waals surface area contributed by atoms with Crippen LogP contribution in [0.3, 0.4) is 0 Å². The van der Waals surface area contributed by atoms with Crippen LogP contribution >= 0.6 is 0 Å². The van der Waals surface area contributed by atoms with Crippen LogP contribution in [0.25, 0.3) is 0 Å². The van der Waals surface area contributed by atoms with E-state index in [1.807, 2.05) is 29.2 Å². The fourth-order valence-electron chi connectivity index (χ4n) is 3.16. The minimum atomic E-state index is -0.763. The number of methoxy groups -OCH3 is 2. The molecule has 2 aromatic heterocycles. The number of nitrogens with zero attached hydrogens (tertiary/aromatic N) is 4. The van der Waals surface area contributed by atoms with E-state index in [0.29, 0.717) is 30.5 Å². The van der Waals surface area contributed by atoms with E-state index < -0.39 is 17.1 Å². The summed E-state index contributed by atoms with van der Waals surface area (Å²) in [7, 11) is 2.83. The van der Waals surface area contributed by atoms with Crippen molar-refractivity contribution in [2.75, 3.05) is 25.7 Å². The number of hydrogen-bond donors (Lipinski definition) is 0. The van der Waals surface area contributed by atoms with E-state index in [-0.39, 0.29) is 12.3 Å². The molecule has 0 amide bonds. The first-order valence-electron chi connectivity index (χ1n) is 8.82. The maximum atomic E-state index is 12.5. The zero-order valence-electron chi connectivity index (χ0n) is 15.8. The summed E-state index contributed by atoms with van der Waals surface area (Å²) >= 11 is 0. The minimum Gasteiger partial charge on any atom is -0.497 e. The monoisotopic (exact) mass is 398 g/mol. The Kier molecular flexibility index (Phi) is 4.67. The largest absolute Gasteiger partial charge is 0.497 e. The van der Waals surface area contributed by atoms with Crippen molar-refractivity contribution in [3.63, 3.8) is 0 Å². The molecule has 1 aliphatic rings. The van der Waals surface area contributed by atoms with Crippen molar-refractivity contribution in [2.24, 2.45) is 0 Å². The van der Waals surface area contributed by atoms with Gasteiger partial charge in [-0.1, -0.05) is 0 Å². The Balaban J connectivity index is 1.69. The third-order valence-corrected chi connectivity index (χ3v) is 4.64. The van der Waals surface area contributed by atoms with Crippen LogP contribution < -0.4 is 20.8 Å². The van der Waals surface area contributed by atoms with E-state index in [4.69, 9.17) is 9.15 Å². The van der Waals surface area contributed by atoms with Crippen LogP contribution in [0.5, 0.6) is 5.75 Å². The fraction of sp³-hybridized carbons (Fsp3) is 0.263. The van der Waals surface area contributed by atoms with Gasteiger partial charge in [0.1, 0.15) is 18.1 Å². The van der Waals surface area contributed by atoms with Crippen molar-refractivity contribution in [3.8, 4) is 5.75 Å². The molecule has 10 heteroatoms. The van der Waals surface area contributed by atoms with E-state index in [9.17, 15) is 14.4 Å². The molecule has 0 saturated carbocycles. The van der Waals surface area contributed by atoms with Gasteiger partial charge in [0, 0.05) is 18.8 Å². The first kappa shape index (κ1) is 18.5. The maximum absolute atomic E-state index is 12.5. The summed E-state index contributed by atoms with van der Waals surface area (Å²) in [5.41, 5.74) is -0.604. The first-order chi connectivity index (χ1) is 14.0. The number of ether oxygens (including phenoxy) is 2. The highest BCUT2D eigenvalue weighted by Crippen LogP contribution is 2.28. The number of anilines is 2. The van der Waals surface area contributed by atoms with Gasteiger partial charge in [-0.25, -0.2) is 9.48 Å². The van der Waals surface area contributed by atoms with Crippen molar-refractivity contribution in [2.45, 2.75) is 13.1 Å². The van der Waals surface area contributed by atoms with Gasteiger partial charge in [-0.3, -0.25) is 14.2 Å². The molecule has 4 rings (SSSR count). The lowest BCUT2D eigenvalue weighted by Crippen LogP contribution is -2.42. The topological polar surface area (TPSA) is 109 Å². The first-order valence-corrected chi connectivity index (χ1v) is 8.82. The summed E-state index contributed by atoms with van der Waals surface area (Å²) in [4.78, 5) is 38.4. The van der Waals surface area contributed by atoms with Gasteiger partial charge < -0.3 is 18.8 Å². The molecule has 0 unspecified atom stereocenters. The highest BCUT2D eigenvalue weighted by molar-refractivity contribution is 5.86. The van der Waals surface area contributed by atoms with E-state index in [0.717, 1.165) is 10.4 Å². The van der Waals surface area contributed by atoms with E-state index in [1.54, 1.807) is 7.11 Å². The summed E-state index contributed by atoms with van der Waals surface area (Å²) in [6.45, 7) is 0.775. The van der Waals surface area contributed by atoms with Gasteiger partial charge in [-0.15, -0.1) is 5.10 Å². The second kappa shape index (κ2) is 7.30. The molecule has 1 aromatic carbocycles. The molecule has 0 saturated heterocycles. The molecule has 0 aliphatic carbocycles. The Morgan fingerprint density at radius 1 is 1.07 bits per heavy atom. The number of furan rings is 1. The summed E-state index contributed by atoms with van der Waals surface area (Å²) in [5.74, 6) is 0.755. The van der Waals surface area contributed by atoms with Crippen LogP contribution in [0.4, 0.5) is 11.6 Å². The number of rotatable bonds is 5. The van der Waals surface area contributed by atoms with Crippen LogP contribution in [0, 0.1) is 0 Å². The van der Waals surface area contributed by atoms with Gasteiger partial charge in [0.05, 0.1) is 14.2 Å². The van der Waals surface area contributed by atoms with Crippen LogP contribution in [0.1, 0.15) is 16.3 Å². The van der Waals surface area contributed by atoms with Crippen molar-refractivity contribution in [1.82, 2.24) is 14.3 Å². The Hall–Kier alpha value is -3.82. The highest BCUT2D eigenvalue weighted by Gasteiger charge is 2.26. The molecule has 1 aliphatic heterocycles. The fourth-order valence-corrected chi connectivity index (χ4v) is 3.16. The highest BCUT2D eigenvalue weighted by atomic mass is 16.5. The summed E-state index contributed by atoms with van der Waals surface area (Å²) < 4.78 is 17.5. The minimum absolute atomic E-state index is 0.00768. The third kappa shape index (κ3) is 3.28. The van der Waals surface area contributed by atoms with E-state index in [1.165, 1.54) is 23.8 Å². The lowest BCUT2D eigenvalue weighted by molar-refractivity contribution is 0.0562. The molecule has 0 bridgehead atoms. The van der Waals surface area contributed by atoms with Crippen LogP contribution in [0.15, 0.2) is 50.4 Å². The van der Waals surface area contributed by atoms with Crippen molar-refractivity contribution in [3.05, 3.63) is 68.6 Å². The number of carbonyl (C=O) groups excluding carboxylic acids is 1. The van der Waals surface area contributed by atoms with Crippen LogP contribution in [0.2, 0.25) is 0 Å². The molecule has 150 valence electrons. The van der Waals surface area contributed by atoms with Gasteiger partial charge in [0.2, 0.25) is 11.7 Å². The predicted octanol–water partition coefficient (Wildman–Crippen LogP) is 0.993. The van der Waals surface area contributed by atoms with Crippen molar-refractivity contribution in [1.29, 1.82) is 0 Å². The molecular formula is C19H18N4O6. The van der Waals surface area contributed by atoms with E-state index >= 15 is 0 Å². The van der Waals surface area contributed by atoms with Crippen LogP contribution in [-0.2, 0) is 17.8 Å². The molecular weight excluding hydrogens is 380 g/mol. The predicted molar refractivity (Wildman–Crippen MR) is 102 cm³/mol. The summed E-state index contributed by atoms with van der Waals surface area (Å²) in [6.07, 6.45) is 0. The van der Waals surface area contributed by atoms with Gasteiger partial charge >= 0.3 is 17.1 Å². The third-order valence-electron chi connectivity index (χ3n) is 4.64. The molecule has 3 heterocycles. The van der Waals surface area contributed by atoms with E-state index in [2.05, 4.69) is 9.84 Å². The van der Waals surface area contributed by atoms with Gasteiger partial charge in [0.15, 0.2) is 0 Å². The second-order valence-electron chi connectivity index (χ2n) is 6.33. The molecule has 0 N–H and O–H groups in total. The smallest absolute Gasteiger partial charge is 0.373 e. The molecule has 3 aromatic rings. The number of aromatic nitrogens is 3. The molecule has 29 heavy (non-hydrogen) atoms. The quantitative estimate of drug-likeness (QED) is 0.462. The number of fused-ring (bicyclic) bond motifs is 1. The number of esters is 1. The van der Waals surface area contributed by atoms with Gasteiger partial charge in [-0.05, 0) is 36.4 Å². The lowest BCUT2D eigenvalue weighted by atomic mass is 10.3. The zero-order valence-corrected chi connectivity index (χ0v) is 15.8. The Morgan fingerprint density at radius 2 is 1.83 bits per heavy atom. The summed E-state index contributed by atoms with van der Waals surface area (Å²) in [6, 6.07) is 10.3. The maximum Gasteiger partial charge on any atom is 0.373 e. The Bertz CT molecular complexity index is 1170. The Labute approximate surface area is 164 Å². The Morgan fingerprint density at radius 3 is 2.52 bits per heavy atom. The standard InChI is InChI=1S/C19H18N4O6/c1-27-13-5-3-12(4-6-13)21-9-10-22-16(24)17(25)23(20-19(21)22)11-14-7-8-15(29-14)18(26)28-2/h3-8H,9-11H2,1-2H3. The molecule has 0 radical (unpaired) electrons. The molecule has 0 atom stereocenters. The number of hydrogen-bond acceptors (Lipinski definition) is 8. The second-order valence-corrected chi connectivity index (χ2v) is 6.33. The zero-order chi connectivity index (χ0) is 20.5. The molecule has 10 nitrogen and oxygen atoms in total.